The highest BCUT2D eigenvalue weighted by Crippen LogP contribution is 2.34. The summed E-state index contributed by atoms with van der Waals surface area (Å²) in [7, 11) is 0. The van der Waals surface area contributed by atoms with Gasteiger partial charge in [-0.15, -0.1) is 0 Å². The van der Waals surface area contributed by atoms with Crippen molar-refractivity contribution in [2.24, 2.45) is 16.8 Å². The monoisotopic (exact) mass is 351 g/mol. The largest absolute Gasteiger partial charge is 0.394 e. The van der Waals surface area contributed by atoms with Crippen LogP contribution in [-0.2, 0) is 0 Å². The summed E-state index contributed by atoms with van der Waals surface area (Å²) in [6.07, 6.45) is 9.97. The van der Waals surface area contributed by atoms with E-state index in [0.29, 0.717) is 5.84 Å². The van der Waals surface area contributed by atoms with Gasteiger partial charge in [-0.2, -0.15) is 0 Å². The van der Waals surface area contributed by atoms with Crippen molar-refractivity contribution in [1.29, 1.82) is 5.41 Å². The molecule has 3 N–H and O–H groups in total. The molecule has 2 aliphatic heterocycles. The molecule has 0 amide bonds. The van der Waals surface area contributed by atoms with Crippen molar-refractivity contribution >= 4 is 28.3 Å². The molecule has 6 heteroatoms. The van der Waals surface area contributed by atoms with Gasteiger partial charge in [-0.3, -0.25) is 5.41 Å². The van der Waals surface area contributed by atoms with Crippen molar-refractivity contribution in [2.45, 2.75) is 32.7 Å². The quantitative estimate of drug-likeness (QED) is 0.794. The average Bonchev–Trinajstić information content (AvgIpc) is 3.27. The summed E-state index contributed by atoms with van der Waals surface area (Å²) in [5.41, 5.74) is 3.66. The highest BCUT2D eigenvalue weighted by Gasteiger charge is 2.27. The standard InChI is InChI=1S/C20H25N5O/c1-12-5-6-16(24-19(21)13(12)2)15-10-23-20-18(15)17(7-8-22-20)25-9-3-4-14(25)11-26/h5-8,10,12-14,21,26H,3-4,9,11H2,1-2H3,(H,22,23). The number of anilines is 1. The number of aliphatic hydroxyl groups excluding tert-OH is 1. The molecule has 2 aromatic rings. The van der Waals surface area contributed by atoms with Crippen molar-refractivity contribution < 1.29 is 5.11 Å². The fourth-order valence-electron chi connectivity index (χ4n) is 3.90. The molecule has 3 atom stereocenters. The van der Waals surface area contributed by atoms with Gasteiger partial charge in [-0.05, 0) is 30.9 Å². The molecule has 3 unspecified atom stereocenters. The molecule has 2 aromatic heterocycles. The van der Waals surface area contributed by atoms with Crippen molar-refractivity contribution in [3.63, 3.8) is 0 Å². The molecule has 1 saturated heterocycles. The Bertz CT molecular complexity index is 897. The minimum atomic E-state index is 0.101. The molecule has 26 heavy (non-hydrogen) atoms. The molecule has 0 saturated carbocycles. The molecule has 0 aliphatic carbocycles. The number of aromatic nitrogens is 2. The van der Waals surface area contributed by atoms with E-state index >= 15 is 0 Å². The lowest BCUT2D eigenvalue weighted by atomic mass is 9.95. The number of hydrogen-bond acceptors (Lipinski definition) is 4. The van der Waals surface area contributed by atoms with Crippen LogP contribution in [0.2, 0.25) is 0 Å². The highest BCUT2D eigenvalue weighted by molar-refractivity contribution is 6.21. The van der Waals surface area contributed by atoms with Crippen LogP contribution in [-0.4, -0.2) is 45.8 Å². The summed E-state index contributed by atoms with van der Waals surface area (Å²) in [4.78, 5) is 14.6. The van der Waals surface area contributed by atoms with Crippen LogP contribution in [0.15, 0.2) is 35.6 Å². The van der Waals surface area contributed by atoms with Crippen LogP contribution in [0.5, 0.6) is 0 Å². The maximum absolute atomic E-state index is 9.74. The van der Waals surface area contributed by atoms with Crippen LogP contribution in [0.1, 0.15) is 32.3 Å². The van der Waals surface area contributed by atoms with Crippen LogP contribution in [0.25, 0.3) is 11.0 Å². The summed E-state index contributed by atoms with van der Waals surface area (Å²) < 4.78 is 0. The lowest BCUT2D eigenvalue weighted by molar-refractivity contribution is 0.266. The molecular formula is C20H25N5O. The molecule has 6 nitrogen and oxygen atoms in total. The molecule has 0 spiro atoms. The van der Waals surface area contributed by atoms with Crippen molar-refractivity contribution in [3.8, 4) is 0 Å². The SMILES string of the molecule is CC1C=CC(c2c[nH]c3nccc(N4CCCC4CO)c23)=NC(=N)C1C. The van der Waals surface area contributed by atoms with Gasteiger partial charge in [0.2, 0.25) is 0 Å². The molecule has 0 aromatic carbocycles. The third-order valence-corrected chi connectivity index (χ3v) is 5.74. The number of pyridine rings is 1. The first-order chi connectivity index (χ1) is 12.6. The van der Waals surface area contributed by atoms with Crippen molar-refractivity contribution in [3.05, 3.63) is 36.2 Å². The number of amidine groups is 1. The van der Waals surface area contributed by atoms with Crippen LogP contribution >= 0.6 is 0 Å². The number of fused-ring (bicyclic) bond motifs is 1. The summed E-state index contributed by atoms with van der Waals surface area (Å²) >= 11 is 0. The number of H-pyrrole nitrogens is 1. The number of allylic oxidation sites excluding steroid dienone is 2. The Hall–Kier alpha value is -2.47. The zero-order valence-electron chi connectivity index (χ0n) is 15.2. The van der Waals surface area contributed by atoms with Gasteiger partial charge in [0.05, 0.1) is 29.4 Å². The Morgan fingerprint density at radius 1 is 1.38 bits per heavy atom. The third kappa shape index (κ3) is 2.74. The smallest absolute Gasteiger partial charge is 0.140 e. The fourth-order valence-corrected chi connectivity index (χ4v) is 3.90. The Morgan fingerprint density at radius 2 is 2.23 bits per heavy atom. The second-order valence-electron chi connectivity index (χ2n) is 7.32. The van der Waals surface area contributed by atoms with Crippen LogP contribution in [0, 0.1) is 17.2 Å². The van der Waals surface area contributed by atoms with Gasteiger partial charge in [-0.1, -0.05) is 19.9 Å². The summed E-state index contributed by atoms with van der Waals surface area (Å²) in [6.45, 7) is 5.25. The number of aliphatic imine (C=N–C) groups is 1. The Kier molecular flexibility index (Phi) is 4.36. The summed E-state index contributed by atoms with van der Waals surface area (Å²) in [6, 6.07) is 2.17. The third-order valence-electron chi connectivity index (χ3n) is 5.74. The Balaban J connectivity index is 1.86. The second kappa shape index (κ2) is 6.68. The van der Waals surface area contributed by atoms with E-state index in [1.54, 1.807) is 0 Å². The number of rotatable bonds is 3. The lowest BCUT2D eigenvalue weighted by Crippen LogP contribution is -2.32. The minimum absolute atomic E-state index is 0.101. The number of aliphatic hydroxyl groups is 1. The lowest BCUT2D eigenvalue weighted by Gasteiger charge is -2.26. The first-order valence-corrected chi connectivity index (χ1v) is 9.29. The van der Waals surface area contributed by atoms with Gasteiger partial charge in [-0.25, -0.2) is 9.98 Å². The van der Waals surface area contributed by atoms with Gasteiger partial charge in [0.25, 0.3) is 0 Å². The van der Waals surface area contributed by atoms with E-state index in [9.17, 15) is 5.11 Å². The van der Waals surface area contributed by atoms with Crippen LogP contribution in [0.4, 0.5) is 5.69 Å². The van der Waals surface area contributed by atoms with E-state index in [2.05, 4.69) is 32.9 Å². The number of nitrogens with zero attached hydrogens (tertiary/aromatic N) is 3. The summed E-state index contributed by atoms with van der Waals surface area (Å²) in [5.74, 6) is 0.791. The molecule has 2 aliphatic rings. The predicted octanol–water partition coefficient (Wildman–Crippen LogP) is 3.13. The molecule has 4 heterocycles. The first kappa shape index (κ1) is 17.0. The van der Waals surface area contributed by atoms with E-state index in [-0.39, 0.29) is 24.5 Å². The van der Waals surface area contributed by atoms with Crippen LogP contribution < -0.4 is 4.90 Å². The van der Waals surface area contributed by atoms with Gasteiger partial charge in [0.15, 0.2) is 0 Å². The minimum Gasteiger partial charge on any atom is -0.394 e. The van der Waals surface area contributed by atoms with E-state index in [4.69, 9.17) is 5.41 Å². The van der Waals surface area contributed by atoms with Gasteiger partial charge < -0.3 is 15.0 Å². The van der Waals surface area contributed by atoms with Crippen LogP contribution in [0.3, 0.4) is 0 Å². The number of aromatic amines is 1. The number of nitrogens with one attached hydrogen (secondary N) is 2. The Labute approximate surface area is 153 Å². The second-order valence-corrected chi connectivity index (χ2v) is 7.32. The normalized spacial score (nSPS) is 26.4. The molecular weight excluding hydrogens is 326 g/mol. The first-order valence-electron chi connectivity index (χ1n) is 9.29. The fraction of sp³-hybridized carbons (Fsp3) is 0.450. The summed E-state index contributed by atoms with van der Waals surface area (Å²) in [5, 5.41) is 19.1. The van der Waals surface area contributed by atoms with E-state index in [0.717, 1.165) is 47.4 Å². The van der Waals surface area contributed by atoms with E-state index in [1.807, 2.05) is 31.5 Å². The zero-order valence-corrected chi connectivity index (χ0v) is 15.2. The van der Waals surface area contributed by atoms with Gasteiger partial charge in [0, 0.05) is 30.4 Å². The van der Waals surface area contributed by atoms with Crippen molar-refractivity contribution in [1.82, 2.24) is 9.97 Å². The molecule has 1 fully saturated rings. The molecule has 136 valence electrons. The topological polar surface area (TPSA) is 88.4 Å². The number of hydrogen-bond donors (Lipinski definition) is 3. The van der Waals surface area contributed by atoms with Crippen molar-refractivity contribution in [2.75, 3.05) is 18.1 Å². The van der Waals surface area contributed by atoms with E-state index < -0.39 is 0 Å². The highest BCUT2D eigenvalue weighted by atomic mass is 16.3. The van der Waals surface area contributed by atoms with E-state index in [1.165, 1.54) is 0 Å². The Morgan fingerprint density at radius 3 is 3.04 bits per heavy atom. The van der Waals surface area contributed by atoms with Gasteiger partial charge >= 0.3 is 0 Å². The zero-order chi connectivity index (χ0) is 18.3. The predicted molar refractivity (Wildman–Crippen MR) is 105 cm³/mol. The van der Waals surface area contributed by atoms with Gasteiger partial charge in [0.1, 0.15) is 11.5 Å². The molecule has 0 radical (unpaired) electrons. The molecule has 4 rings (SSSR count). The maximum Gasteiger partial charge on any atom is 0.140 e. The average molecular weight is 351 g/mol. The maximum atomic E-state index is 9.74. The molecule has 0 bridgehead atoms.